The van der Waals surface area contributed by atoms with Gasteiger partial charge in [-0.05, 0) is 95.9 Å². The summed E-state index contributed by atoms with van der Waals surface area (Å²) in [5, 5.41) is 8.74. The second-order valence-corrected chi connectivity index (χ2v) is 17.1. The molecule has 0 aliphatic carbocycles. The normalized spacial score (nSPS) is 25.6. The van der Waals surface area contributed by atoms with Crippen molar-refractivity contribution in [3.8, 4) is 5.75 Å². The van der Waals surface area contributed by atoms with Crippen LogP contribution in [0, 0.1) is 12.8 Å². The summed E-state index contributed by atoms with van der Waals surface area (Å²) < 4.78 is 17.8. The van der Waals surface area contributed by atoms with Crippen LogP contribution in [0.5, 0.6) is 5.75 Å². The van der Waals surface area contributed by atoms with E-state index in [1.807, 2.05) is 58.0 Å². The summed E-state index contributed by atoms with van der Waals surface area (Å²) in [5.41, 5.74) is 1.79. The highest BCUT2D eigenvalue weighted by Gasteiger charge is 2.44. The molecular formula is C45H58N8O9. The number of amides is 6. The molecule has 7 atom stereocenters. The fraction of sp³-hybridized carbons (Fsp3) is 0.556. The lowest BCUT2D eigenvalue weighted by molar-refractivity contribution is -0.147. The number of rotatable bonds is 7. The topological polar surface area (TPSA) is 210 Å². The molecule has 6 heterocycles. The Morgan fingerprint density at radius 3 is 2.15 bits per heavy atom. The summed E-state index contributed by atoms with van der Waals surface area (Å²) in [4.78, 5) is 98.3. The number of allylic oxidation sites excluding steroid dienone is 1. The quantitative estimate of drug-likeness (QED) is 0.285. The van der Waals surface area contributed by atoms with Gasteiger partial charge in [-0.3, -0.25) is 28.8 Å². The van der Waals surface area contributed by atoms with Gasteiger partial charge in [-0.2, -0.15) is 0 Å². The fourth-order valence-electron chi connectivity index (χ4n) is 8.78. The minimum atomic E-state index is -1.07. The molecule has 332 valence electrons. The lowest BCUT2D eigenvalue weighted by atomic mass is 9.98. The summed E-state index contributed by atoms with van der Waals surface area (Å²) in [6.07, 6.45) is 7.07. The molecular weight excluding hydrogens is 797 g/mol. The van der Waals surface area contributed by atoms with Crippen LogP contribution in [0.2, 0.25) is 0 Å². The molecule has 0 radical (unpaired) electrons. The van der Waals surface area contributed by atoms with Crippen molar-refractivity contribution in [2.24, 2.45) is 5.92 Å². The van der Waals surface area contributed by atoms with Crippen LogP contribution in [-0.2, 0) is 25.6 Å². The number of carbonyl (C=O) groups excluding carboxylic acids is 6. The number of nitrogens with zero attached hydrogens (tertiary/aromatic N) is 5. The number of ether oxygens (including phenoxy) is 1. The Labute approximate surface area is 361 Å². The molecule has 3 fully saturated rings. The zero-order valence-corrected chi connectivity index (χ0v) is 36.4. The number of fused-ring (bicyclic) bond motifs is 8. The first-order valence-electron chi connectivity index (χ1n) is 21.8. The molecule has 4 aliphatic rings. The monoisotopic (exact) mass is 854 g/mol. The Kier molecular flexibility index (Phi) is 13.5. The van der Waals surface area contributed by atoms with E-state index in [4.69, 9.17) is 13.6 Å². The van der Waals surface area contributed by atoms with E-state index in [1.54, 1.807) is 23.6 Å². The predicted molar refractivity (Wildman–Crippen MR) is 224 cm³/mol. The zero-order valence-electron chi connectivity index (χ0n) is 36.4. The smallest absolute Gasteiger partial charge is 0.274 e. The molecule has 7 rings (SSSR count). The highest BCUT2D eigenvalue weighted by molar-refractivity contribution is 5.98. The van der Waals surface area contributed by atoms with Crippen LogP contribution in [0.1, 0.15) is 136 Å². The van der Waals surface area contributed by atoms with Gasteiger partial charge < -0.3 is 44.2 Å². The first-order chi connectivity index (χ1) is 29.7. The first kappa shape index (κ1) is 44.1. The Morgan fingerprint density at radius 1 is 0.823 bits per heavy atom. The van der Waals surface area contributed by atoms with E-state index in [9.17, 15) is 28.8 Å². The molecule has 62 heavy (non-hydrogen) atoms. The summed E-state index contributed by atoms with van der Waals surface area (Å²) >= 11 is 0. The number of aromatic nitrogens is 2. The highest BCUT2D eigenvalue weighted by Crippen LogP contribution is 2.34. The molecule has 0 unspecified atom stereocenters. The van der Waals surface area contributed by atoms with Crippen molar-refractivity contribution in [3.63, 3.8) is 0 Å². The van der Waals surface area contributed by atoms with E-state index in [2.05, 4.69) is 25.9 Å². The molecule has 6 amide bonds. The van der Waals surface area contributed by atoms with Crippen molar-refractivity contribution in [2.45, 2.75) is 129 Å². The van der Waals surface area contributed by atoms with Gasteiger partial charge in [0, 0.05) is 26.1 Å². The summed E-state index contributed by atoms with van der Waals surface area (Å²) in [5.74, 6) is -1.84. The minimum absolute atomic E-state index is 0.0305. The molecule has 1 aromatic carbocycles. The van der Waals surface area contributed by atoms with E-state index in [-0.39, 0.29) is 59.0 Å². The van der Waals surface area contributed by atoms with Crippen molar-refractivity contribution in [2.75, 3.05) is 26.2 Å². The van der Waals surface area contributed by atoms with E-state index in [0.29, 0.717) is 76.9 Å². The largest absolute Gasteiger partial charge is 0.490 e. The number of carbonyl (C=O) groups is 6. The average Bonchev–Trinajstić information content (AvgIpc) is 4.11. The van der Waals surface area contributed by atoms with Gasteiger partial charge in [0.05, 0.1) is 0 Å². The number of oxazole rings is 2. The molecule has 4 aliphatic heterocycles. The van der Waals surface area contributed by atoms with Crippen LogP contribution in [0.25, 0.3) is 0 Å². The average molecular weight is 855 g/mol. The third-order valence-corrected chi connectivity index (χ3v) is 12.5. The Morgan fingerprint density at radius 2 is 1.47 bits per heavy atom. The van der Waals surface area contributed by atoms with Gasteiger partial charge in [-0.25, -0.2) is 9.97 Å². The van der Waals surface area contributed by atoms with Crippen LogP contribution in [0.3, 0.4) is 0 Å². The van der Waals surface area contributed by atoms with E-state index < -0.39 is 54.0 Å². The standard InChI is InChI=1S/C45H58N8O9/c1-7-26(4)36-42-50-37(28(6)62-42)40(56)47-31(23-29-14-16-30(17-15-29)60-22-18-25(2)3)44(58)52-20-9-12-34(52)41-48-32(24-61-41)38(54)46-27(5)43(57)53-21-10-13-35(53)45(59)51-19-8-11-33(51)39(55)49-36/h14-18,24,26-27,31,33-36H,7-13,19-23H2,1-6H3,(H,46,54)(H,47,56)(H,49,55)/t26-,27-,31-,33-,34-,35-,36-/m0/s1. The first-order valence-corrected chi connectivity index (χ1v) is 21.8. The van der Waals surface area contributed by atoms with Crippen molar-refractivity contribution >= 4 is 35.4 Å². The van der Waals surface area contributed by atoms with Gasteiger partial charge in [0.2, 0.25) is 35.4 Å². The van der Waals surface area contributed by atoms with Gasteiger partial charge in [0.25, 0.3) is 11.8 Å². The van der Waals surface area contributed by atoms with Crippen molar-refractivity contribution in [1.29, 1.82) is 0 Å². The van der Waals surface area contributed by atoms with Gasteiger partial charge in [-0.1, -0.05) is 38.0 Å². The maximum Gasteiger partial charge on any atom is 0.274 e. The Balaban J connectivity index is 1.23. The van der Waals surface area contributed by atoms with Crippen molar-refractivity contribution in [1.82, 2.24) is 40.6 Å². The third kappa shape index (κ3) is 9.40. The van der Waals surface area contributed by atoms with Gasteiger partial charge in [0.15, 0.2) is 11.4 Å². The minimum Gasteiger partial charge on any atom is -0.490 e. The Hall–Kier alpha value is -6.00. The Bertz CT molecular complexity index is 2190. The lowest BCUT2D eigenvalue weighted by Gasteiger charge is -2.33. The van der Waals surface area contributed by atoms with E-state index >= 15 is 0 Å². The number of nitrogens with one attached hydrogen (secondary N) is 3. The SMILES string of the molecule is CC[C@H](C)[C@@H]1NC(=O)[C@@H]2CCCN2C(=O)[C@@H]2CCCN2C(=O)[C@H](C)NC(=O)c2coc(n2)[C@@H]2CCCN2C(=O)[C@H](Cc2ccc(OCC=C(C)C)cc2)NC(=O)c2nc1oc2C. The molecule has 3 saturated heterocycles. The molecule has 3 aromatic rings. The fourth-order valence-corrected chi connectivity index (χ4v) is 8.78. The van der Waals surface area contributed by atoms with Crippen LogP contribution in [0.15, 0.2) is 51.0 Å². The van der Waals surface area contributed by atoms with Crippen LogP contribution in [0.4, 0.5) is 0 Å². The molecule has 0 spiro atoms. The van der Waals surface area contributed by atoms with Crippen molar-refractivity contribution < 1.29 is 42.3 Å². The van der Waals surface area contributed by atoms with E-state index in [0.717, 1.165) is 11.1 Å². The second kappa shape index (κ2) is 18.9. The summed E-state index contributed by atoms with van der Waals surface area (Å²) in [6.45, 7) is 12.5. The summed E-state index contributed by atoms with van der Waals surface area (Å²) in [6, 6.07) is 2.28. The maximum absolute atomic E-state index is 14.7. The zero-order chi connectivity index (χ0) is 44.2. The molecule has 17 heteroatoms. The van der Waals surface area contributed by atoms with Crippen LogP contribution >= 0.6 is 0 Å². The number of benzene rings is 1. The van der Waals surface area contributed by atoms with Crippen molar-refractivity contribution in [3.05, 3.63) is 76.7 Å². The maximum atomic E-state index is 14.7. The van der Waals surface area contributed by atoms with Crippen LogP contribution in [-0.4, -0.2) is 111 Å². The van der Waals surface area contributed by atoms with Gasteiger partial charge in [-0.15, -0.1) is 0 Å². The second-order valence-electron chi connectivity index (χ2n) is 17.1. The van der Waals surface area contributed by atoms with Crippen LogP contribution < -0.4 is 20.7 Å². The predicted octanol–water partition coefficient (Wildman–Crippen LogP) is 4.34. The highest BCUT2D eigenvalue weighted by atomic mass is 16.5. The molecule has 0 saturated carbocycles. The molecule has 2 aromatic heterocycles. The third-order valence-electron chi connectivity index (χ3n) is 12.5. The lowest BCUT2D eigenvalue weighted by Crippen LogP contribution is -2.56. The number of hydrogen-bond acceptors (Lipinski definition) is 11. The number of aryl methyl sites for hydroxylation is 1. The number of hydrogen-bond donors (Lipinski definition) is 3. The summed E-state index contributed by atoms with van der Waals surface area (Å²) in [7, 11) is 0. The van der Waals surface area contributed by atoms with E-state index in [1.165, 1.54) is 11.2 Å². The molecule has 3 N–H and O–H groups in total. The molecule has 17 nitrogen and oxygen atoms in total. The van der Waals surface area contributed by atoms with Gasteiger partial charge in [0.1, 0.15) is 60.6 Å². The molecule has 4 bridgehead atoms. The van der Waals surface area contributed by atoms with Gasteiger partial charge >= 0.3 is 0 Å².